The summed E-state index contributed by atoms with van der Waals surface area (Å²) in [5.41, 5.74) is 3.35. The van der Waals surface area contributed by atoms with Crippen LogP contribution in [0.5, 0.6) is 0 Å². The van der Waals surface area contributed by atoms with Crippen molar-refractivity contribution in [2.45, 2.75) is 24.2 Å². The van der Waals surface area contributed by atoms with Crippen LogP contribution < -0.4 is 0 Å². The van der Waals surface area contributed by atoms with Crippen LogP contribution in [-0.4, -0.2) is 14.7 Å². The summed E-state index contributed by atoms with van der Waals surface area (Å²) >= 11 is 2.40. The second-order valence-corrected chi connectivity index (χ2v) is 8.80. The number of fused-ring (bicyclic) bond motifs is 1. The average Bonchev–Trinajstić information content (AvgIpc) is 2.48. The highest BCUT2D eigenvalue weighted by molar-refractivity contribution is 14.1. The lowest BCUT2D eigenvalue weighted by Gasteiger charge is -2.31. The van der Waals surface area contributed by atoms with Crippen molar-refractivity contribution in [1.82, 2.24) is 0 Å². The van der Waals surface area contributed by atoms with E-state index in [0.29, 0.717) is 11.7 Å². The predicted octanol–water partition coefficient (Wildman–Crippen LogP) is 5.08. The van der Waals surface area contributed by atoms with Crippen LogP contribution in [0, 0.1) is 6.92 Å². The molecule has 4 heteroatoms. The van der Waals surface area contributed by atoms with E-state index in [1.165, 1.54) is 11.1 Å². The number of aryl methyl sites for hydroxylation is 1. The summed E-state index contributed by atoms with van der Waals surface area (Å²) < 4.78 is 19.1. The fraction of sp³-hybridized carbons (Fsp3) is 0.294. The molecule has 0 aromatic heterocycles. The van der Waals surface area contributed by atoms with E-state index < -0.39 is 10.1 Å². The molecule has 0 saturated carbocycles. The molecule has 0 saturated heterocycles. The molecule has 21 heavy (non-hydrogen) atoms. The lowest BCUT2D eigenvalue weighted by molar-refractivity contribution is 0.570. The van der Waals surface area contributed by atoms with Crippen LogP contribution >= 0.6 is 22.6 Å². The van der Waals surface area contributed by atoms with Gasteiger partial charge in [0.2, 0.25) is 0 Å². The molecule has 3 rings (SSSR count). The van der Waals surface area contributed by atoms with Gasteiger partial charge in [-0.15, -0.1) is 4.36 Å². The van der Waals surface area contributed by atoms with E-state index in [4.69, 9.17) is 0 Å². The minimum Gasteiger partial charge on any atom is -0.626 e. The highest BCUT2D eigenvalue weighted by Gasteiger charge is 2.31. The van der Waals surface area contributed by atoms with Crippen molar-refractivity contribution in [1.29, 1.82) is 0 Å². The molecular formula is C17H18INOS. The first-order valence-corrected chi connectivity index (χ1v) is 10.3. The molecule has 2 aromatic rings. The third-order valence-corrected chi connectivity index (χ3v) is 6.85. The lowest BCUT2D eigenvalue weighted by Crippen LogP contribution is -2.25. The zero-order valence-corrected chi connectivity index (χ0v) is 14.9. The summed E-state index contributed by atoms with van der Waals surface area (Å²) in [6.07, 6.45) is 1.05. The summed E-state index contributed by atoms with van der Waals surface area (Å²) in [6.45, 7) is 2.06. The van der Waals surface area contributed by atoms with E-state index in [2.05, 4.69) is 52.1 Å². The Labute approximate surface area is 141 Å². The molecule has 0 fully saturated rings. The van der Waals surface area contributed by atoms with Crippen molar-refractivity contribution in [2.75, 3.05) is 10.2 Å². The Balaban J connectivity index is 2.15. The molecule has 0 radical (unpaired) electrons. The molecule has 1 aliphatic heterocycles. The maximum Gasteiger partial charge on any atom is 0.136 e. The van der Waals surface area contributed by atoms with Crippen LogP contribution in [0.4, 0.5) is 5.69 Å². The number of halogens is 1. The number of benzene rings is 2. The molecule has 1 unspecified atom stereocenters. The Hall–Kier alpha value is -0.720. The quantitative estimate of drug-likeness (QED) is 0.394. The summed E-state index contributed by atoms with van der Waals surface area (Å²) in [4.78, 5) is 0.857. The fourth-order valence-electron chi connectivity index (χ4n) is 2.79. The Morgan fingerprint density at radius 3 is 2.71 bits per heavy atom. The Morgan fingerprint density at radius 2 is 2.00 bits per heavy atom. The number of rotatable bonds is 3. The van der Waals surface area contributed by atoms with Gasteiger partial charge < -0.3 is 4.55 Å². The molecule has 0 N–H and O–H groups in total. The Bertz CT molecular complexity index is 699. The van der Waals surface area contributed by atoms with E-state index in [-0.39, 0.29) is 0 Å². The summed E-state index contributed by atoms with van der Waals surface area (Å²) in [5, 5.41) is 0. The van der Waals surface area contributed by atoms with E-state index in [9.17, 15) is 4.55 Å². The van der Waals surface area contributed by atoms with Gasteiger partial charge in [-0.3, -0.25) is 0 Å². The molecule has 2 nitrogen and oxygen atoms in total. The maximum absolute atomic E-state index is 13.4. The fourth-order valence-corrected chi connectivity index (χ4v) is 5.86. The summed E-state index contributed by atoms with van der Waals surface area (Å²) in [6, 6.07) is 16.1. The molecular weight excluding hydrogens is 393 g/mol. The van der Waals surface area contributed by atoms with Crippen molar-refractivity contribution < 1.29 is 4.55 Å². The molecule has 2 aromatic carbocycles. The standard InChI is InChI=1S/C17H18INOS/c1-13-7-8-16-14(9-10-18)12-21(20,19-17(16)11-13)15-5-3-2-4-6-15/h2-8,11,14H,9-10,12H2,1H3/t14-,21?/m1/s1. The van der Waals surface area contributed by atoms with Gasteiger partial charge in [0.05, 0.1) is 0 Å². The largest absolute Gasteiger partial charge is 0.626 e. The van der Waals surface area contributed by atoms with Gasteiger partial charge in [0, 0.05) is 10.3 Å². The van der Waals surface area contributed by atoms with Gasteiger partial charge in [0.15, 0.2) is 0 Å². The number of hydrogen-bond acceptors (Lipinski definition) is 2. The van der Waals surface area contributed by atoms with Crippen LogP contribution in [0.2, 0.25) is 0 Å². The monoisotopic (exact) mass is 411 g/mol. The van der Waals surface area contributed by atoms with Crippen LogP contribution in [0.1, 0.15) is 23.5 Å². The summed E-state index contributed by atoms with van der Waals surface area (Å²) in [5.74, 6) is 0.971. The van der Waals surface area contributed by atoms with Gasteiger partial charge in [-0.1, -0.05) is 52.9 Å². The number of alkyl halides is 1. The normalized spacial score (nSPS) is 24.2. The third kappa shape index (κ3) is 3.07. The van der Waals surface area contributed by atoms with Crippen LogP contribution in [0.3, 0.4) is 0 Å². The van der Waals surface area contributed by atoms with Crippen LogP contribution in [-0.2, 0) is 10.1 Å². The van der Waals surface area contributed by atoms with E-state index in [0.717, 1.165) is 21.4 Å². The minimum absolute atomic E-state index is 0.336. The van der Waals surface area contributed by atoms with Gasteiger partial charge in [-0.2, -0.15) is 0 Å². The average molecular weight is 411 g/mol. The number of hydrogen-bond donors (Lipinski definition) is 0. The predicted molar refractivity (Wildman–Crippen MR) is 97.2 cm³/mol. The Morgan fingerprint density at radius 1 is 1.24 bits per heavy atom. The van der Waals surface area contributed by atoms with E-state index in [1.54, 1.807) is 0 Å². The van der Waals surface area contributed by atoms with Gasteiger partial charge >= 0.3 is 0 Å². The van der Waals surface area contributed by atoms with Crippen molar-refractivity contribution in [3.8, 4) is 0 Å². The highest BCUT2D eigenvalue weighted by atomic mass is 127. The van der Waals surface area contributed by atoms with Gasteiger partial charge in [-0.25, -0.2) is 0 Å². The second-order valence-electron chi connectivity index (χ2n) is 5.45. The molecule has 2 atom stereocenters. The highest BCUT2D eigenvalue weighted by Crippen LogP contribution is 2.41. The number of nitrogens with zero attached hydrogens (tertiary/aromatic N) is 1. The topological polar surface area (TPSA) is 35.4 Å². The first-order valence-electron chi connectivity index (χ1n) is 7.09. The van der Waals surface area contributed by atoms with Crippen molar-refractivity contribution in [3.63, 3.8) is 0 Å². The molecule has 0 bridgehead atoms. The maximum atomic E-state index is 13.4. The SMILES string of the molecule is Cc1ccc2c(c1)N=[S+]([O-])(c1ccccc1)C[C@H]2CCI. The zero-order chi connectivity index (χ0) is 14.9. The van der Waals surface area contributed by atoms with Crippen LogP contribution in [0.25, 0.3) is 0 Å². The lowest BCUT2D eigenvalue weighted by atomic mass is 9.95. The van der Waals surface area contributed by atoms with Gasteiger partial charge in [0.25, 0.3) is 0 Å². The molecule has 1 heterocycles. The second kappa shape index (κ2) is 6.18. The van der Waals surface area contributed by atoms with Crippen LogP contribution in [0.15, 0.2) is 57.8 Å². The van der Waals surface area contributed by atoms with Gasteiger partial charge in [-0.05, 0) is 52.8 Å². The molecule has 0 aliphatic carbocycles. The van der Waals surface area contributed by atoms with E-state index in [1.807, 2.05) is 30.3 Å². The summed E-state index contributed by atoms with van der Waals surface area (Å²) in [7, 11) is -2.35. The van der Waals surface area contributed by atoms with Crippen molar-refractivity contribution >= 4 is 38.4 Å². The first-order chi connectivity index (χ1) is 10.1. The minimum atomic E-state index is -2.35. The smallest absolute Gasteiger partial charge is 0.136 e. The molecule has 0 amide bonds. The molecule has 110 valence electrons. The molecule has 0 spiro atoms. The van der Waals surface area contributed by atoms with E-state index >= 15 is 0 Å². The Kier molecular flexibility index (Phi) is 4.47. The van der Waals surface area contributed by atoms with Crippen molar-refractivity contribution in [2.24, 2.45) is 4.36 Å². The molecule has 1 aliphatic rings. The van der Waals surface area contributed by atoms with Gasteiger partial charge in [0.1, 0.15) is 16.3 Å². The zero-order valence-electron chi connectivity index (χ0n) is 12.0. The third-order valence-electron chi connectivity index (χ3n) is 3.87. The first kappa shape index (κ1) is 15.2. The van der Waals surface area contributed by atoms with Crippen molar-refractivity contribution in [3.05, 3.63) is 59.7 Å².